The Morgan fingerprint density at radius 2 is 0.825 bits per heavy atom. The van der Waals surface area contributed by atoms with E-state index in [0.717, 1.165) is 0 Å². The summed E-state index contributed by atoms with van der Waals surface area (Å²) in [6.07, 6.45) is 0. The highest BCUT2D eigenvalue weighted by atomic mass is 16.6. The molecule has 0 aliphatic heterocycles. The van der Waals surface area contributed by atoms with E-state index in [9.17, 15) is 19.2 Å². The van der Waals surface area contributed by atoms with Crippen molar-refractivity contribution < 1.29 is 38.1 Å². The summed E-state index contributed by atoms with van der Waals surface area (Å²) in [4.78, 5) is 51.2. The lowest BCUT2D eigenvalue weighted by Crippen LogP contribution is -2.28. The maximum absolute atomic E-state index is 12.9. The zero-order valence-corrected chi connectivity index (χ0v) is 25.7. The van der Waals surface area contributed by atoms with Crippen molar-refractivity contribution in [2.75, 3.05) is 0 Å². The molecule has 0 amide bonds. The summed E-state index contributed by atoms with van der Waals surface area (Å²) in [7, 11) is 0. The van der Waals surface area contributed by atoms with Crippen molar-refractivity contribution in [2.24, 2.45) is 21.7 Å². The van der Waals surface area contributed by atoms with E-state index in [0.29, 0.717) is 5.56 Å². The molecule has 2 rings (SSSR count). The summed E-state index contributed by atoms with van der Waals surface area (Å²) in [6, 6.07) is 10.3. The summed E-state index contributed by atoms with van der Waals surface area (Å²) >= 11 is 0. The van der Waals surface area contributed by atoms with E-state index < -0.39 is 45.5 Å². The minimum atomic E-state index is -0.857. The molecule has 8 heteroatoms. The Bertz CT molecular complexity index is 1250. The van der Waals surface area contributed by atoms with Gasteiger partial charge in [-0.1, -0.05) is 6.07 Å². The number of ether oxygens (including phenoxy) is 4. The van der Waals surface area contributed by atoms with Crippen molar-refractivity contribution in [3.63, 3.8) is 0 Å². The van der Waals surface area contributed by atoms with Crippen molar-refractivity contribution >= 4 is 23.9 Å². The van der Waals surface area contributed by atoms with Gasteiger partial charge in [0.1, 0.15) is 11.5 Å². The fraction of sp³-hybridized carbons (Fsp3) is 0.500. The summed E-state index contributed by atoms with van der Waals surface area (Å²) < 4.78 is 22.8. The van der Waals surface area contributed by atoms with Crippen LogP contribution in [0.15, 0.2) is 30.3 Å². The second kappa shape index (κ2) is 11.4. The predicted octanol–water partition coefficient (Wildman–Crippen LogP) is 6.96. The average molecular weight is 554 g/mol. The topological polar surface area (TPSA) is 105 Å². The predicted molar refractivity (Wildman–Crippen MR) is 151 cm³/mol. The molecule has 0 atom stereocenters. The second-order valence-corrected chi connectivity index (χ2v) is 13.8. The quantitative estimate of drug-likeness (QED) is 0.289. The van der Waals surface area contributed by atoms with Gasteiger partial charge in [0, 0.05) is 0 Å². The highest BCUT2D eigenvalue weighted by Gasteiger charge is 2.31. The van der Waals surface area contributed by atoms with Crippen LogP contribution in [0.5, 0.6) is 23.0 Å². The molecule has 40 heavy (non-hydrogen) atoms. The molecule has 0 fully saturated rings. The Morgan fingerprint density at radius 3 is 1.18 bits per heavy atom. The Balaban J connectivity index is 2.79. The van der Waals surface area contributed by atoms with Crippen molar-refractivity contribution in [3.05, 3.63) is 36.4 Å². The van der Waals surface area contributed by atoms with Gasteiger partial charge in [0.25, 0.3) is 0 Å². The number of carbonyl (C=O) groups excluding carboxylic acids is 4. The van der Waals surface area contributed by atoms with Gasteiger partial charge in [-0.05, 0) is 119 Å². The van der Waals surface area contributed by atoms with Crippen molar-refractivity contribution in [3.8, 4) is 34.1 Å². The van der Waals surface area contributed by atoms with Crippen LogP contribution in [-0.4, -0.2) is 23.9 Å². The first-order valence-corrected chi connectivity index (χ1v) is 13.1. The molecule has 0 saturated carbocycles. The number of hydrogen-bond acceptors (Lipinski definition) is 8. The van der Waals surface area contributed by atoms with Crippen LogP contribution in [0.2, 0.25) is 0 Å². The van der Waals surface area contributed by atoms with E-state index in [1.807, 2.05) is 0 Å². The molecule has 0 aromatic heterocycles. The van der Waals surface area contributed by atoms with Gasteiger partial charge in [-0.25, -0.2) is 0 Å². The smallest absolute Gasteiger partial charge is 0.316 e. The molecule has 0 aliphatic carbocycles. The van der Waals surface area contributed by atoms with E-state index in [1.165, 1.54) is 24.3 Å². The molecular weight excluding hydrogens is 512 g/mol. The van der Waals surface area contributed by atoms with Crippen LogP contribution in [0, 0.1) is 27.7 Å². The van der Waals surface area contributed by atoms with E-state index in [4.69, 9.17) is 18.9 Å². The van der Waals surface area contributed by atoms with Gasteiger partial charge in [-0.2, -0.15) is 0 Å². The summed E-state index contributed by atoms with van der Waals surface area (Å²) in [5, 5.41) is 0. The largest absolute Gasteiger partial charge is 0.425 e. The minimum absolute atomic E-state index is 0.0240. The molecule has 217 valence electrons. The fourth-order valence-corrected chi connectivity index (χ4v) is 2.74. The molecule has 0 saturated heterocycles. The van der Waals surface area contributed by atoms with Crippen LogP contribution in [0.4, 0.5) is 0 Å². The minimum Gasteiger partial charge on any atom is -0.425 e. The Labute approximate surface area is 237 Å². The summed E-state index contributed by atoms with van der Waals surface area (Å²) in [6.45, 7) is 20.5. The van der Waals surface area contributed by atoms with Gasteiger partial charge < -0.3 is 18.9 Å². The third kappa shape index (κ3) is 8.41. The first kappa shape index (κ1) is 32.5. The maximum atomic E-state index is 12.9. The number of rotatable bonds is 5. The van der Waals surface area contributed by atoms with Gasteiger partial charge in [-0.3, -0.25) is 19.2 Å². The van der Waals surface area contributed by atoms with Gasteiger partial charge >= 0.3 is 23.9 Å². The molecule has 0 aliphatic rings. The molecule has 0 heterocycles. The molecule has 0 bridgehead atoms. The van der Waals surface area contributed by atoms with Crippen LogP contribution in [-0.2, 0) is 19.2 Å². The first-order valence-electron chi connectivity index (χ1n) is 13.1. The molecule has 0 N–H and O–H groups in total. The van der Waals surface area contributed by atoms with Gasteiger partial charge in [0.05, 0.1) is 27.2 Å². The van der Waals surface area contributed by atoms with Crippen LogP contribution in [0.25, 0.3) is 11.1 Å². The third-order valence-corrected chi connectivity index (χ3v) is 5.41. The normalized spacial score (nSPS) is 12.4. The molecule has 1 radical (unpaired) electrons. The highest BCUT2D eigenvalue weighted by Crippen LogP contribution is 2.43. The first-order chi connectivity index (χ1) is 18.0. The lowest BCUT2D eigenvalue weighted by Gasteiger charge is -2.23. The number of hydrogen-bond donors (Lipinski definition) is 0. The fourth-order valence-electron chi connectivity index (χ4n) is 2.74. The van der Waals surface area contributed by atoms with Crippen LogP contribution in [0.1, 0.15) is 83.1 Å². The molecule has 2 aromatic carbocycles. The van der Waals surface area contributed by atoms with Gasteiger partial charge in [-0.15, -0.1) is 0 Å². The summed E-state index contributed by atoms with van der Waals surface area (Å²) in [5.74, 6) is -1.93. The standard InChI is InChI=1S/C32H41O8/c1-29(2,3)25(33)37-20-17-16-19(18-23(20)40-28(36)32(10,11)12)24-21(38-26(34)30(4,5)6)14-13-15-22(24)39-27(35)31(7,8)9/h14-18H,1-12H3. The number of esters is 4. The van der Waals surface area contributed by atoms with Crippen molar-refractivity contribution in [1.29, 1.82) is 0 Å². The Morgan fingerprint density at radius 1 is 0.500 bits per heavy atom. The lowest BCUT2D eigenvalue weighted by atomic mass is 9.96. The monoisotopic (exact) mass is 553 g/mol. The van der Waals surface area contributed by atoms with Gasteiger partial charge in [0.2, 0.25) is 0 Å². The SMILES string of the molecule is CC(C)(C)C(=O)Oc1ccc(-c2c(OC(=O)C(C)(C)C)c[c]cc2OC(=O)C(C)(C)C)cc1OC(=O)C(C)(C)C. The Hall–Kier alpha value is -3.68. The van der Waals surface area contributed by atoms with Crippen molar-refractivity contribution in [1.82, 2.24) is 0 Å². The molecule has 0 spiro atoms. The molecule has 8 nitrogen and oxygen atoms in total. The zero-order valence-electron chi connectivity index (χ0n) is 25.7. The average Bonchev–Trinajstić information content (AvgIpc) is 2.77. The second-order valence-electron chi connectivity index (χ2n) is 13.8. The zero-order chi connectivity index (χ0) is 30.8. The van der Waals surface area contributed by atoms with E-state index >= 15 is 0 Å². The lowest BCUT2D eigenvalue weighted by molar-refractivity contribution is -0.145. The van der Waals surface area contributed by atoms with Crippen LogP contribution >= 0.6 is 0 Å². The maximum Gasteiger partial charge on any atom is 0.316 e. The third-order valence-electron chi connectivity index (χ3n) is 5.41. The van der Waals surface area contributed by atoms with Gasteiger partial charge in [0.15, 0.2) is 11.5 Å². The van der Waals surface area contributed by atoms with Crippen LogP contribution in [0.3, 0.4) is 0 Å². The highest BCUT2D eigenvalue weighted by molar-refractivity contribution is 5.88. The van der Waals surface area contributed by atoms with Crippen LogP contribution < -0.4 is 18.9 Å². The molecule has 0 unspecified atom stereocenters. The molecular formula is C32H41O8. The van der Waals surface area contributed by atoms with E-state index in [-0.39, 0.29) is 28.6 Å². The number of carbonyl (C=O) groups is 4. The Kier molecular flexibility index (Phi) is 9.30. The summed E-state index contributed by atoms with van der Waals surface area (Å²) in [5.41, 5.74) is -2.68. The van der Waals surface area contributed by atoms with Crippen molar-refractivity contribution in [2.45, 2.75) is 83.1 Å². The number of benzene rings is 2. The van der Waals surface area contributed by atoms with E-state index in [2.05, 4.69) is 6.07 Å². The molecule has 2 aromatic rings. The van der Waals surface area contributed by atoms with E-state index in [1.54, 1.807) is 89.2 Å².